The van der Waals surface area contributed by atoms with Crippen LogP contribution in [0.5, 0.6) is 0 Å². The van der Waals surface area contributed by atoms with E-state index in [9.17, 15) is 0 Å². The molecule has 0 aliphatic heterocycles. The van der Waals surface area contributed by atoms with Crippen molar-refractivity contribution < 1.29 is 0 Å². The second-order valence-corrected chi connectivity index (χ2v) is 16.3. The van der Waals surface area contributed by atoms with Crippen molar-refractivity contribution in [3.05, 3.63) is 96.1 Å². The highest BCUT2D eigenvalue weighted by atomic mass is 14.1. The summed E-state index contributed by atoms with van der Waals surface area (Å²) in [6, 6.07) is 33.6. The lowest BCUT2D eigenvalue weighted by atomic mass is 9.92. The van der Waals surface area contributed by atoms with Crippen molar-refractivity contribution >= 4 is 53.9 Å². The van der Waals surface area contributed by atoms with Gasteiger partial charge in [0.05, 0.1) is 0 Å². The van der Waals surface area contributed by atoms with E-state index in [0.29, 0.717) is 0 Å². The molecule has 0 aliphatic rings. The molecule has 6 aromatic carbocycles. The van der Waals surface area contributed by atoms with E-state index in [4.69, 9.17) is 0 Å². The van der Waals surface area contributed by atoms with Gasteiger partial charge in [0.15, 0.2) is 0 Å². The van der Waals surface area contributed by atoms with Crippen molar-refractivity contribution in [2.75, 3.05) is 0 Å². The van der Waals surface area contributed by atoms with E-state index < -0.39 is 0 Å². The van der Waals surface area contributed by atoms with Gasteiger partial charge in [-0.25, -0.2) is 0 Å². The number of fused-ring (bicyclic) bond motifs is 7. The van der Waals surface area contributed by atoms with Gasteiger partial charge in [-0.3, -0.25) is 0 Å². The molecule has 52 heavy (non-hydrogen) atoms. The Morgan fingerprint density at radius 3 is 0.942 bits per heavy atom. The first-order valence-electron chi connectivity index (χ1n) is 22.0. The van der Waals surface area contributed by atoms with Crippen molar-refractivity contribution in [2.24, 2.45) is 0 Å². The third-order valence-electron chi connectivity index (χ3n) is 12.0. The summed E-state index contributed by atoms with van der Waals surface area (Å²) in [7, 11) is 0. The Bertz CT molecular complexity index is 1830. The highest BCUT2D eigenvalue weighted by Crippen LogP contribution is 2.36. The van der Waals surface area contributed by atoms with E-state index >= 15 is 0 Å². The minimum Gasteiger partial charge on any atom is -0.0654 e. The van der Waals surface area contributed by atoms with Crippen LogP contribution in [-0.2, 0) is 12.8 Å². The second-order valence-electron chi connectivity index (χ2n) is 16.3. The minimum absolute atomic E-state index is 1.20. The molecule has 0 fully saturated rings. The molecule has 0 spiro atoms. The molecule has 0 heterocycles. The highest BCUT2D eigenvalue weighted by molar-refractivity contribution is 6.20. The molecule has 0 saturated carbocycles. The molecular weight excluding hydrogens is 625 g/mol. The SMILES string of the molecule is CCCCCCCCCCCCCc1ccc2cc3c(ccc4c5cc6ccc(CCCCCCCCCCCCC)cc6cc5ccc34)cc2c1. The third-order valence-corrected chi connectivity index (χ3v) is 12.0. The molecule has 0 nitrogen and oxygen atoms in total. The summed E-state index contributed by atoms with van der Waals surface area (Å²) in [6.07, 6.45) is 33.2. The van der Waals surface area contributed by atoms with Crippen molar-refractivity contribution in [2.45, 2.75) is 168 Å². The molecule has 276 valence electrons. The van der Waals surface area contributed by atoms with Gasteiger partial charge in [-0.1, -0.05) is 203 Å². The van der Waals surface area contributed by atoms with Crippen LogP contribution in [0.2, 0.25) is 0 Å². The summed E-state index contributed by atoms with van der Waals surface area (Å²) in [5.41, 5.74) is 2.98. The Balaban J connectivity index is 1.03. The zero-order valence-electron chi connectivity index (χ0n) is 33.1. The topological polar surface area (TPSA) is 0 Å². The number of rotatable bonds is 24. The molecule has 6 rings (SSSR count). The summed E-state index contributed by atoms with van der Waals surface area (Å²) >= 11 is 0. The maximum absolute atomic E-state index is 2.45. The summed E-state index contributed by atoms with van der Waals surface area (Å²) < 4.78 is 0. The van der Waals surface area contributed by atoms with Crippen LogP contribution < -0.4 is 0 Å². The van der Waals surface area contributed by atoms with Crippen LogP contribution in [0.3, 0.4) is 0 Å². The van der Waals surface area contributed by atoms with Gasteiger partial charge >= 0.3 is 0 Å². The molecule has 0 unspecified atom stereocenters. The molecule has 0 amide bonds. The predicted octanol–water partition coefficient (Wildman–Crippen LogP) is 17.2. The molecule has 0 N–H and O–H groups in total. The number of unbranched alkanes of at least 4 members (excludes halogenated alkanes) is 20. The first kappa shape index (κ1) is 38.3. The van der Waals surface area contributed by atoms with Crippen LogP contribution in [0.15, 0.2) is 84.9 Å². The smallest absolute Gasteiger partial charge is 0.00987 e. The summed E-state index contributed by atoms with van der Waals surface area (Å²) in [6.45, 7) is 4.60. The maximum atomic E-state index is 2.45. The number of hydrogen-bond acceptors (Lipinski definition) is 0. The van der Waals surface area contributed by atoms with E-state index in [1.807, 2.05) is 0 Å². The van der Waals surface area contributed by atoms with Crippen LogP contribution in [0.4, 0.5) is 0 Å². The third kappa shape index (κ3) is 10.8. The van der Waals surface area contributed by atoms with Crippen LogP contribution >= 0.6 is 0 Å². The maximum Gasteiger partial charge on any atom is -0.00987 e. The quantitative estimate of drug-likeness (QED) is 0.0336. The van der Waals surface area contributed by atoms with Crippen molar-refractivity contribution in [3.63, 3.8) is 0 Å². The van der Waals surface area contributed by atoms with Gasteiger partial charge in [0.2, 0.25) is 0 Å². The molecule has 0 heteroatoms. The minimum atomic E-state index is 1.20. The summed E-state index contributed by atoms with van der Waals surface area (Å²) in [5.74, 6) is 0. The summed E-state index contributed by atoms with van der Waals surface area (Å²) in [5, 5.41) is 13.6. The van der Waals surface area contributed by atoms with E-state index in [2.05, 4.69) is 98.8 Å². The van der Waals surface area contributed by atoms with Crippen molar-refractivity contribution in [1.82, 2.24) is 0 Å². The fourth-order valence-electron chi connectivity index (χ4n) is 8.77. The van der Waals surface area contributed by atoms with E-state index in [1.165, 1.54) is 219 Å². The van der Waals surface area contributed by atoms with Crippen LogP contribution in [0.25, 0.3) is 53.9 Å². The average molecular weight is 693 g/mol. The van der Waals surface area contributed by atoms with E-state index in [0.717, 1.165) is 0 Å². The largest absolute Gasteiger partial charge is 0.0654 e. The van der Waals surface area contributed by atoms with Crippen LogP contribution in [-0.4, -0.2) is 0 Å². The molecular formula is C52H68. The molecule has 0 saturated heterocycles. The molecule has 0 bridgehead atoms. The lowest BCUT2D eigenvalue weighted by molar-refractivity contribution is 0.549. The van der Waals surface area contributed by atoms with E-state index in [1.54, 1.807) is 0 Å². The molecule has 0 radical (unpaired) electrons. The van der Waals surface area contributed by atoms with Gasteiger partial charge in [-0.15, -0.1) is 0 Å². The normalized spacial score (nSPS) is 12.0. The average Bonchev–Trinajstić information content (AvgIpc) is 3.17. The van der Waals surface area contributed by atoms with Gasteiger partial charge < -0.3 is 0 Å². The Labute approximate surface area is 316 Å². The molecule has 0 aliphatic carbocycles. The zero-order chi connectivity index (χ0) is 35.8. The second kappa shape index (κ2) is 20.8. The van der Waals surface area contributed by atoms with Gasteiger partial charge in [-0.2, -0.15) is 0 Å². The van der Waals surface area contributed by atoms with Crippen molar-refractivity contribution in [3.8, 4) is 0 Å². The number of benzene rings is 6. The predicted molar refractivity (Wildman–Crippen MR) is 234 cm³/mol. The Morgan fingerprint density at radius 2 is 0.577 bits per heavy atom. The number of aryl methyl sites for hydroxylation is 2. The van der Waals surface area contributed by atoms with E-state index in [-0.39, 0.29) is 0 Å². The fourth-order valence-corrected chi connectivity index (χ4v) is 8.77. The molecule has 0 atom stereocenters. The summed E-state index contributed by atoms with van der Waals surface area (Å²) in [4.78, 5) is 0. The molecule has 0 aromatic heterocycles. The Hall–Kier alpha value is -3.38. The van der Waals surface area contributed by atoms with Crippen LogP contribution in [0, 0.1) is 0 Å². The Morgan fingerprint density at radius 1 is 0.250 bits per heavy atom. The molecule has 6 aromatic rings. The monoisotopic (exact) mass is 693 g/mol. The standard InChI is InChI=1S/C52H68/c1-3-5-7-9-11-13-15-17-19-21-23-25-41-27-29-43-39-51-45(37-47(43)35-41)31-33-50-49(51)34-32-46-38-48-36-42(28-30-44(48)40-52(46)50)26-24-22-20-18-16-14-12-10-8-6-4-2/h27-40H,3-26H2,1-2H3. The highest BCUT2D eigenvalue weighted by Gasteiger charge is 2.09. The van der Waals surface area contributed by atoms with Gasteiger partial charge in [0, 0.05) is 0 Å². The lowest BCUT2D eigenvalue weighted by Crippen LogP contribution is -1.88. The van der Waals surface area contributed by atoms with Crippen LogP contribution in [0.1, 0.15) is 166 Å². The zero-order valence-corrected chi connectivity index (χ0v) is 33.1. The van der Waals surface area contributed by atoms with Gasteiger partial charge in [-0.05, 0) is 115 Å². The first-order valence-corrected chi connectivity index (χ1v) is 22.0. The van der Waals surface area contributed by atoms with Gasteiger partial charge in [0.25, 0.3) is 0 Å². The van der Waals surface area contributed by atoms with Gasteiger partial charge in [0.1, 0.15) is 0 Å². The lowest BCUT2D eigenvalue weighted by Gasteiger charge is -2.12. The number of hydrogen-bond donors (Lipinski definition) is 0. The first-order chi connectivity index (χ1) is 25.7. The Kier molecular flexibility index (Phi) is 15.3. The van der Waals surface area contributed by atoms with Crippen molar-refractivity contribution in [1.29, 1.82) is 0 Å². The fraction of sp³-hybridized carbons (Fsp3) is 0.500.